The summed E-state index contributed by atoms with van der Waals surface area (Å²) in [5.41, 5.74) is 8.29. The van der Waals surface area contributed by atoms with Crippen molar-refractivity contribution in [3.8, 4) is 11.1 Å². The second-order valence-electron chi connectivity index (χ2n) is 18.8. The van der Waals surface area contributed by atoms with Crippen molar-refractivity contribution >= 4 is 73.7 Å². The lowest BCUT2D eigenvalue weighted by molar-refractivity contribution is -0.139. The second-order valence-corrected chi connectivity index (χ2v) is 19.6. The molecule has 1 aromatic carbocycles. The number of aliphatic carboxylic acids is 1. The topological polar surface area (TPSA) is 290 Å². The molecule has 2 fully saturated rings. The average Bonchev–Trinajstić information content (AvgIpc) is 3.71. The molecule has 0 spiro atoms. The van der Waals surface area contributed by atoms with Crippen LogP contribution in [-0.4, -0.2) is 172 Å². The Bertz CT molecular complexity index is 2610. The third-order valence-electron chi connectivity index (χ3n) is 12.5. The standard InChI is InChI=1S/C50H65BrN10O12/c1-31(62)46-37-22-32(7-12-39(37)60(58-46)28-45(66)61-40(23-50(2)24-41(50)61)48(67)57-47-33(27-59(3)4)8-13-42(51)56-47)34-25-54-43(55-26-34)14-10-36(64)29-72-20-19-71-17-15-53-44(65)30-73-21-18-70-16-5-6-35(63)9-11-38(52)49(68)69/h7-8,12-13,22,25-26,38,40-41H,5-6,9-11,14-21,23-24,27-30,52H2,1-4H3,(H,53,65)(H,68,69)(H,56,57,67)/t38-,40-,41+,50-/m0/s1. The number of nitrogens with zero attached hydrogens (tertiary/aromatic N) is 7. The molecule has 1 saturated carbocycles. The van der Waals surface area contributed by atoms with Crippen molar-refractivity contribution < 1.29 is 57.6 Å². The highest BCUT2D eigenvalue weighted by Gasteiger charge is 2.64. The van der Waals surface area contributed by atoms with Crippen LogP contribution in [0.4, 0.5) is 5.82 Å². The summed E-state index contributed by atoms with van der Waals surface area (Å²) in [7, 11) is 3.87. The molecule has 1 aliphatic carbocycles. The first kappa shape index (κ1) is 56.3. The highest BCUT2D eigenvalue weighted by atomic mass is 79.9. The van der Waals surface area contributed by atoms with Crippen molar-refractivity contribution in [2.45, 2.75) is 96.4 Å². The van der Waals surface area contributed by atoms with Gasteiger partial charge in [0.1, 0.15) is 59.6 Å². The number of benzene rings is 1. The zero-order valence-corrected chi connectivity index (χ0v) is 43.3. The van der Waals surface area contributed by atoms with E-state index in [9.17, 15) is 33.6 Å². The first-order valence-corrected chi connectivity index (χ1v) is 25.1. The van der Waals surface area contributed by atoms with Crippen molar-refractivity contribution in [3.63, 3.8) is 0 Å². The molecular weight excluding hydrogens is 1010 g/mol. The Kier molecular flexibility index (Phi) is 20.7. The number of rotatable bonds is 32. The Balaban J connectivity index is 0.872. The van der Waals surface area contributed by atoms with E-state index in [1.54, 1.807) is 23.4 Å². The number of aryl methyl sites for hydroxylation is 1. The van der Waals surface area contributed by atoms with Gasteiger partial charge in [0.25, 0.3) is 0 Å². The molecule has 394 valence electrons. The molecule has 4 atom stereocenters. The summed E-state index contributed by atoms with van der Waals surface area (Å²) in [4.78, 5) is 105. The summed E-state index contributed by atoms with van der Waals surface area (Å²) in [5.74, 6) is -1.57. The van der Waals surface area contributed by atoms with Gasteiger partial charge in [-0.25, -0.2) is 15.0 Å². The van der Waals surface area contributed by atoms with Gasteiger partial charge in [-0.15, -0.1) is 0 Å². The number of carbonyl (C=O) groups is 7. The summed E-state index contributed by atoms with van der Waals surface area (Å²) < 4.78 is 23.7. The minimum atomic E-state index is -1.13. The van der Waals surface area contributed by atoms with E-state index in [4.69, 9.17) is 29.8 Å². The van der Waals surface area contributed by atoms with Gasteiger partial charge in [0, 0.05) is 87.3 Å². The van der Waals surface area contributed by atoms with Crippen LogP contribution in [0, 0.1) is 5.41 Å². The molecule has 0 radical (unpaired) electrons. The number of fused-ring (bicyclic) bond motifs is 2. The van der Waals surface area contributed by atoms with E-state index >= 15 is 0 Å². The Labute approximate surface area is 431 Å². The van der Waals surface area contributed by atoms with E-state index < -0.39 is 18.1 Å². The first-order chi connectivity index (χ1) is 34.9. The second kappa shape index (κ2) is 26.8. The van der Waals surface area contributed by atoms with Gasteiger partial charge in [-0.2, -0.15) is 5.10 Å². The monoisotopic (exact) mass is 1080 g/mol. The largest absolute Gasteiger partial charge is 0.480 e. The van der Waals surface area contributed by atoms with Crippen molar-refractivity contribution in [2.75, 3.05) is 78.8 Å². The van der Waals surface area contributed by atoms with Crippen LogP contribution in [0.3, 0.4) is 0 Å². The van der Waals surface area contributed by atoms with Gasteiger partial charge in [0.05, 0.1) is 38.6 Å². The minimum absolute atomic E-state index is 0.0706. The van der Waals surface area contributed by atoms with Crippen molar-refractivity contribution in [3.05, 3.63) is 64.4 Å². The molecule has 3 amide bonds. The van der Waals surface area contributed by atoms with Crippen LogP contribution in [0.15, 0.2) is 47.3 Å². The van der Waals surface area contributed by atoms with Crippen LogP contribution in [0.2, 0.25) is 0 Å². The molecule has 23 heteroatoms. The number of ether oxygens (including phenoxy) is 4. The van der Waals surface area contributed by atoms with Crippen molar-refractivity contribution in [2.24, 2.45) is 11.1 Å². The Morgan fingerprint density at radius 3 is 2.32 bits per heavy atom. The third-order valence-corrected chi connectivity index (χ3v) is 13.0. The van der Waals surface area contributed by atoms with Gasteiger partial charge in [0.15, 0.2) is 11.6 Å². The number of likely N-dealkylation sites (tertiary alicyclic amines) is 1. The smallest absolute Gasteiger partial charge is 0.320 e. The first-order valence-electron chi connectivity index (χ1n) is 24.3. The number of pyridine rings is 1. The number of carbonyl (C=O) groups excluding carboxylic acids is 6. The summed E-state index contributed by atoms with van der Waals surface area (Å²) in [5, 5.41) is 19.6. The number of hydrogen-bond acceptors (Lipinski definition) is 17. The van der Waals surface area contributed by atoms with Crippen LogP contribution in [0.1, 0.15) is 80.7 Å². The SMILES string of the molecule is CC(=O)c1nn(CC(=O)N2[C@H](C(=O)Nc3nc(Br)ccc3CN(C)C)C[C@@]3(C)C[C@@H]23)c2ccc(-c3cnc(CCC(=O)COCCOCCNC(=O)COCCOCCCC(=O)CC[C@H](N)C(=O)O)nc3)cc12. The van der Waals surface area contributed by atoms with Gasteiger partial charge < -0.3 is 50.2 Å². The quantitative estimate of drug-likeness (QED) is 0.0310. The number of nitrogens with two attached hydrogens (primary N) is 1. The van der Waals surface area contributed by atoms with Gasteiger partial charge in [-0.05, 0) is 84.9 Å². The molecule has 1 saturated heterocycles. The average molecular weight is 1080 g/mol. The summed E-state index contributed by atoms with van der Waals surface area (Å²) in [6.07, 6.45) is 6.08. The number of piperidine rings is 1. The summed E-state index contributed by atoms with van der Waals surface area (Å²) >= 11 is 3.41. The number of halogens is 1. The number of anilines is 1. The highest BCUT2D eigenvalue weighted by molar-refractivity contribution is 9.10. The lowest BCUT2D eigenvalue weighted by atomic mass is 10.0. The van der Waals surface area contributed by atoms with Gasteiger partial charge in [-0.3, -0.25) is 38.2 Å². The molecule has 3 aromatic heterocycles. The van der Waals surface area contributed by atoms with E-state index in [0.717, 1.165) is 17.5 Å². The molecular formula is C50H65BrN10O12. The molecule has 6 rings (SSSR count). The van der Waals surface area contributed by atoms with Crippen LogP contribution in [-0.2, 0) is 67.2 Å². The lowest BCUT2D eigenvalue weighted by Gasteiger charge is -2.27. The van der Waals surface area contributed by atoms with Gasteiger partial charge in [0.2, 0.25) is 17.7 Å². The fourth-order valence-corrected chi connectivity index (χ4v) is 8.86. The minimum Gasteiger partial charge on any atom is -0.480 e. The van der Waals surface area contributed by atoms with Gasteiger partial charge >= 0.3 is 5.97 Å². The molecule has 1 aliphatic heterocycles. The maximum absolute atomic E-state index is 14.2. The highest BCUT2D eigenvalue weighted by Crippen LogP contribution is 2.59. The Morgan fingerprint density at radius 1 is 0.890 bits per heavy atom. The zero-order chi connectivity index (χ0) is 52.7. The molecule has 22 nitrogen and oxygen atoms in total. The van der Waals surface area contributed by atoms with E-state index in [-0.39, 0.29) is 137 Å². The Hall–Kier alpha value is -5.95. The molecule has 2 aliphatic rings. The van der Waals surface area contributed by atoms with Crippen LogP contribution >= 0.6 is 15.9 Å². The van der Waals surface area contributed by atoms with E-state index in [0.29, 0.717) is 65.1 Å². The van der Waals surface area contributed by atoms with E-state index in [1.807, 2.05) is 43.3 Å². The molecule has 0 unspecified atom stereocenters. The molecule has 4 aromatic rings. The van der Waals surface area contributed by atoms with Crippen LogP contribution < -0.4 is 16.4 Å². The van der Waals surface area contributed by atoms with Gasteiger partial charge in [-0.1, -0.05) is 19.1 Å². The number of carboxylic acids is 1. The predicted octanol–water partition coefficient (Wildman–Crippen LogP) is 3.16. The maximum atomic E-state index is 14.2. The lowest BCUT2D eigenvalue weighted by Crippen LogP contribution is -2.47. The number of hydrogen-bond donors (Lipinski definition) is 4. The van der Waals surface area contributed by atoms with Crippen LogP contribution in [0.5, 0.6) is 0 Å². The number of aromatic nitrogens is 5. The zero-order valence-electron chi connectivity index (χ0n) is 41.7. The Morgan fingerprint density at radius 2 is 1.60 bits per heavy atom. The number of amides is 3. The summed E-state index contributed by atoms with van der Waals surface area (Å²) in [6, 6.07) is 7.38. The van der Waals surface area contributed by atoms with E-state index in [1.165, 1.54) is 11.6 Å². The van der Waals surface area contributed by atoms with Crippen molar-refractivity contribution in [1.29, 1.82) is 0 Å². The maximum Gasteiger partial charge on any atom is 0.320 e. The van der Waals surface area contributed by atoms with Crippen molar-refractivity contribution in [1.82, 2.24) is 39.8 Å². The fraction of sp³-hybridized carbons (Fsp3) is 0.540. The van der Waals surface area contributed by atoms with E-state index in [2.05, 4.69) is 53.5 Å². The summed E-state index contributed by atoms with van der Waals surface area (Å²) in [6.45, 7) is 5.37. The molecule has 0 bridgehead atoms. The number of nitrogens with one attached hydrogen (secondary N) is 2. The molecule has 4 heterocycles. The number of carboxylic acid groups (broad SMARTS) is 1. The third kappa shape index (κ3) is 16.5. The predicted molar refractivity (Wildman–Crippen MR) is 269 cm³/mol. The molecule has 73 heavy (non-hydrogen) atoms. The number of ketones is 3. The van der Waals surface area contributed by atoms with Crippen LogP contribution in [0.25, 0.3) is 22.0 Å². The number of Topliss-reactive ketones (excluding diaryl/α,β-unsaturated/α-hetero) is 3. The fourth-order valence-electron chi connectivity index (χ4n) is 8.55. The molecule has 5 N–H and O–H groups in total. The normalized spacial score (nSPS) is 17.4.